The second-order valence-corrected chi connectivity index (χ2v) is 8.05. The van der Waals surface area contributed by atoms with E-state index < -0.39 is 6.10 Å². The van der Waals surface area contributed by atoms with E-state index >= 15 is 0 Å². The summed E-state index contributed by atoms with van der Waals surface area (Å²) < 4.78 is 5.41. The van der Waals surface area contributed by atoms with E-state index in [1.807, 2.05) is 36.4 Å². The average Bonchev–Trinajstić information content (AvgIpc) is 2.79. The standard InChI is InChI=1S/C24H28N4O4/c1-17-24(30)28(16-20-5-9-22(10-6-20)25-18(2)29)23(26-32-17)21-7-3-19(4-8-21)15-27-11-13-31-14-12-27/h3-10,17H,11-16H2,1-2H3,(H,25,29). The summed E-state index contributed by atoms with van der Waals surface area (Å²) in [5.74, 6) is 0.233. The van der Waals surface area contributed by atoms with Gasteiger partial charge in [0, 0.05) is 37.8 Å². The average molecular weight is 437 g/mol. The molecule has 1 fully saturated rings. The quantitative estimate of drug-likeness (QED) is 0.753. The highest BCUT2D eigenvalue weighted by Gasteiger charge is 2.31. The van der Waals surface area contributed by atoms with Crippen LogP contribution in [0.3, 0.4) is 0 Å². The number of morpholine rings is 1. The number of carbonyl (C=O) groups is 2. The van der Waals surface area contributed by atoms with E-state index in [1.165, 1.54) is 12.5 Å². The molecule has 2 aromatic carbocycles. The van der Waals surface area contributed by atoms with E-state index in [-0.39, 0.29) is 11.8 Å². The fourth-order valence-electron chi connectivity index (χ4n) is 3.76. The Morgan fingerprint density at radius 3 is 2.31 bits per heavy atom. The number of hydrogen-bond acceptors (Lipinski definition) is 6. The molecule has 0 aliphatic carbocycles. The van der Waals surface area contributed by atoms with Gasteiger partial charge in [-0.2, -0.15) is 0 Å². The van der Waals surface area contributed by atoms with Crippen molar-refractivity contribution in [2.75, 3.05) is 31.6 Å². The number of hydrogen-bond donors (Lipinski definition) is 1. The molecule has 8 nitrogen and oxygen atoms in total. The van der Waals surface area contributed by atoms with Crippen LogP contribution < -0.4 is 5.32 Å². The molecule has 32 heavy (non-hydrogen) atoms. The zero-order valence-corrected chi connectivity index (χ0v) is 18.4. The molecule has 0 radical (unpaired) electrons. The number of nitrogens with zero attached hydrogens (tertiary/aromatic N) is 3. The van der Waals surface area contributed by atoms with Gasteiger partial charge in [-0.05, 0) is 30.2 Å². The highest BCUT2D eigenvalue weighted by molar-refractivity contribution is 6.09. The Hall–Kier alpha value is -3.23. The third kappa shape index (κ3) is 5.33. The molecule has 1 saturated heterocycles. The second kappa shape index (κ2) is 9.93. The number of oxime groups is 1. The van der Waals surface area contributed by atoms with Gasteiger partial charge in [-0.3, -0.25) is 19.4 Å². The lowest BCUT2D eigenvalue weighted by atomic mass is 10.1. The summed E-state index contributed by atoms with van der Waals surface area (Å²) in [6, 6.07) is 15.5. The van der Waals surface area contributed by atoms with Crippen molar-refractivity contribution < 1.29 is 19.2 Å². The summed E-state index contributed by atoms with van der Waals surface area (Å²) in [6.07, 6.45) is -0.641. The van der Waals surface area contributed by atoms with Crippen molar-refractivity contribution in [2.24, 2.45) is 5.16 Å². The number of ether oxygens (including phenoxy) is 1. The van der Waals surface area contributed by atoms with Gasteiger partial charge in [-0.15, -0.1) is 0 Å². The highest BCUT2D eigenvalue weighted by Crippen LogP contribution is 2.20. The lowest BCUT2D eigenvalue weighted by Crippen LogP contribution is -2.46. The minimum Gasteiger partial charge on any atom is -0.381 e. The largest absolute Gasteiger partial charge is 0.381 e. The van der Waals surface area contributed by atoms with Crippen LogP contribution >= 0.6 is 0 Å². The monoisotopic (exact) mass is 436 g/mol. The van der Waals surface area contributed by atoms with Gasteiger partial charge >= 0.3 is 0 Å². The van der Waals surface area contributed by atoms with Crippen molar-refractivity contribution in [1.29, 1.82) is 0 Å². The van der Waals surface area contributed by atoms with Crippen molar-refractivity contribution >= 4 is 23.3 Å². The molecule has 2 heterocycles. The van der Waals surface area contributed by atoms with Crippen molar-refractivity contribution in [2.45, 2.75) is 33.0 Å². The van der Waals surface area contributed by atoms with Crippen molar-refractivity contribution in [3.05, 3.63) is 65.2 Å². The van der Waals surface area contributed by atoms with E-state index in [9.17, 15) is 9.59 Å². The lowest BCUT2D eigenvalue weighted by Gasteiger charge is -2.30. The molecule has 0 saturated carbocycles. The SMILES string of the molecule is CC(=O)Nc1ccc(CN2C(=O)C(C)ON=C2c2ccc(CN3CCOCC3)cc2)cc1. The Balaban J connectivity index is 1.49. The van der Waals surface area contributed by atoms with E-state index in [1.54, 1.807) is 11.8 Å². The molecule has 2 aromatic rings. The van der Waals surface area contributed by atoms with Crippen LogP contribution in [0.4, 0.5) is 5.69 Å². The normalized spacial score (nSPS) is 19.3. The first-order chi connectivity index (χ1) is 15.5. The van der Waals surface area contributed by atoms with E-state index in [2.05, 4.69) is 27.5 Å². The zero-order chi connectivity index (χ0) is 22.5. The molecule has 1 unspecified atom stereocenters. The number of nitrogens with one attached hydrogen (secondary N) is 1. The van der Waals surface area contributed by atoms with Gasteiger partial charge in [0.1, 0.15) is 0 Å². The predicted molar refractivity (Wildman–Crippen MR) is 121 cm³/mol. The van der Waals surface area contributed by atoms with Crippen molar-refractivity contribution in [3.8, 4) is 0 Å². The third-order valence-corrected chi connectivity index (χ3v) is 5.50. The Labute approximate surface area is 187 Å². The molecule has 8 heteroatoms. The van der Waals surface area contributed by atoms with Crippen LogP contribution in [0.5, 0.6) is 0 Å². The Morgan fingerprint density at radius 2 is 1.66 bits per heavy atom. The molecular formula is C24H28N4O4. The summed E-state index contributed by atoms with van der Waals surface area (Å²) in [7, 11) is 0. The van der Waals surface area contributed by atoms with E-state index in [0.717, 1.165) is 44.0 Å². The van der Waals surface area contributed by atoms with Crippen LogP contribution in [0.1, 0.15) is 30.5 Å². The van der Waals surface area contributed by atoms with Gasteiger partial charge in [0.15, 0.2) is 5.84 Å². The van der Waals surface area contributed by atoms with Gasteiger partial charge in [0.25, 0.3) is 5.91 Å². The maximum atomic E-state index is 12.9. The smallest absolute Gasteiger partial charge is 0.272 e. The minimum absolute atomic E-state index is 0.124. The molecule has 1 atom stereocenters. The molecule has 0 aromatic heterocycles. The third-order valence-electron chi connectivity index (χ3n) is 5.50. The molecular weight excluding hydrogens is 408 g/mol. The van der Waals surface area contributed by atoms with E-state index in [4.69, 9.17) is 9.57 Å². The second-order valence-electron chi connectivity index (χ2n) is 8.05. The van der Waals surface area contributed by atoms with Crippen LogP contribution in [0.15, 0.2) is 53.7 Å². The fourth-order valence-corrected chi connectivity index (χ4v) is 3.76. The molecule has 2 aliphatic heterocycles. The number of amides is 2. The van der Waals surface area contributed by atoms with Crippen molar-refractivity contribution in [1.82, 2.24) is 9.80 Å². The topological polar surface area (TPSA) is 83.5 Å². The molecule has 0 spiro atoms. The van der Waals surface area contributed by atoms with Crippen molar-refractivity contribution in [3.63, 3.8) is 0 Å². The van der Waals surface area contributed by atoms with Crippen LogP contribution in [0, 0.1) is 0 Å². The first-order valence-corrected chi connectivity index (χ1v) is 10.8. The zero-order valence-electron chi connectivity index (χ0n) is 18.4. The number of anilines is 1. The summed E-state index contributed by atoms with van der Waals surface area (Å²) in [5.41, 5.74) is 3.67. The van der Waals surface area contributed by atoms with E-state index in [0.29, 0.717) is 18.1 Å². The Kier molecular flexibility index (Phi) is 6.82. The molecule has 0 bridgehead atoms. The molecule has 168 valence electrons. The van der Waals surface area contributed by atoms with Crippen LogP contribution in [-0.2, 0) is 32.3 Å². The number of rotatable bonds is 6. The highest BCUT2D eigenvalue weighted by atomic mass is 16.6. The predicted octanol–water partition coefficient (Wildman–Crippen LogP) is 2.59. The Bertz CT molecular complexity index is 982. The number of carbonyl (C=O) groups excluding carboxylic acids is 2. The molecule has 2 aliphatic rings. The van der Waals surface area contributed by atoms with Gasteiger partial charge in [0.2, 0.25) is 12.0 Å². The van der Waals surface area contributed by atoms with Gasteiger partial charge < -0.3 is 14.9 Å². The summed E-state index contributed by atoms with van der Waals surface area (Å²) in [6.45, 7) is 7.80. The summed E-state index contributed by atoms with van der Waals surface area (Å²) in [5, 5.41) is 7.00. The van der Waals surface area contributed by atoms with Gasteiger partial charge in [0.05, 0.1) is 19.8 Å². The van der Waals surface area contributed by atoms with Crippen LogP contribution in [-0.4, -0.2) is 59.9 Å². The first kappa shape index (κ1) is 22.0. The maximum absolute atomic E-state index is 12.9. The number of amidine groups is 1. The number of benzene rings is 2. The first-order valence-electron chi connectivity index (χ1n) is 10.8. The Morgan fingerprint density at radius 1 is 1.03 bits per heavy atom. The van der Waals surface area contributed by atoms with Gasteiger partial charge in [-0.25, -0.2) is 0 Å². The maximum Gasteiger partial charge on any atom is 0.272 e. The fraction of sp³-hybridized carbons (Fsp3) is 0.375. The van der Waals surface area contributed by atoms with Crippen LogP contribution in [0.2, 0.25) is 0 Å². The molecule has 4 rings (SSSR count). The molecule has 2 amide bonds. The summed E-state index contributed by atoms with van der Waals surface area (Å²) in [4.78, 5) is 33.5. The lowest BCUT2D eigenvalue weighted by molar-refractivity contribution is -0.142. The minimum atomic E-state index is -0.641. The summed E-state index contributed by atoms with van der Waals surface area (Å²) >= 11 is 0. The van der Waals surface area contributed by atoms with Gasteiger partial charge in [-0.1, -0.05) is 41.6 Å². The van der Waals surface area contributed by atoms with Crippen LogP contribution in [0.25, 0.3) is 0 Å². The molecule has 1 N–H and O–H groups in total.